The van der Waals surface area contributed by atoms with Gasteiger partial charge in [0.25, 0.3) is 5.91 Å². The van der Waals surface area contributed by atoms with Gasteiger partial charge in [0.05, 0.1) is 0 Å². The molecule has 0 unspecified atom stereocenters. The Morgan fingerprint density at radius 2 is 1.91 bits per heavy atom. The third-order valence-corrected chi connectivity index (χ3v) is 3.89. The first-order valence-corrected chi connectivity index (χ1v) is 7.43. The number of rotatable bonds is 4. The summed E-state index contributed by atoms with van der Waals surface area (Å²) in [4.78, 5) is 17.0. The molecule has 0 aliphatic heterocycles. The first-order valence-electron chi connectivity index (χ1n) is 7.43. The molecule has 0 saturated heterocycles. The Morgan fingerprint density at radius 1 is 1.17 bits per heavy atom. The van der Waals surface area contributed by atoms with Crippen molar-refractivity contribution in [3.8, 4) is 0 Å². The molecule has 0 bridgehead atoms. The highest BCUT2D eigenvalue weighted by Gasteiger charge is 2.22. The van der Waals surface area contributed by atoms with Crippen LogP contribution in [0.15, 0.2) is 42.5 Å². The van der Waals surface area contributed by atoms with Crippen LogP contribution < -0.4 is 5.32 Å². The molecule has 6 heteroatoms. The third kappa shape index (κ3) is 3.01. The highest BCUT2D eigenvalue weighted by molar-refractivity contribution is 5.93. The van der Waals surface area contributed by atoms with Crippen molar-refractivity contribution >= 4 is 5.91 Å². The van der Waals surface area contributed by atoms with E-state index in [1.807, 2.05) is 67.9 Å². The first-order chi connectivity index (χ1) is 11.1. The summed E-state index contributed by atoms with van der Waals surface area (Å²) >= 11 is 0. The van der Waals surface area contributed by atoms with Crippen molar-refractivity contribution in [1.29, 1.82) is 0 Å². The van der Waals surface area contributed by atoms with Crippen molar-refractivity contribution < 1.29 is 4.79 Å². The van der Waals surface area contributed by atoms with E-state index in [0.717, 1.165) is 11.3 Å². The topological polar surface area (TPSA) is 75.6 Å². The number of H-pyrrole nitrogens is 1. The maximum absolute atomic E-state index is 12.6. The zero-order chi connectivity index (χ0) is 16.4. The van der Waals surface area contributed by atoms with E-state index in [4.69, 9.17) is 0 Å². The van der Waals surface area contributed by atoms with Crippen molar-refractivity contribution in [1.82, 2.24) is 25.1 Å². The molecule has 3 aromatic rings. The second-order valence-electron chi connectivity index (χ2n) is 5.52. The normalized spacial score (nSPS) is 12.1. The lowest BCUT2D eigenvalue weighted by Gasteiger charge is -2.16. The van der Waals surface area contributed by atoms with Crippen LogP contribution in [0.1, 0.15) is 39.4 Å². The summed E-state index contributed by atoms with van der Waals surface area (Å²) < 4.78 is 1.86. The lowest BCUT2D eigenvalue weighted by Crippen LogP contribution is -2.31. The molecule has 23 heavy (non-hydrogen) atoms. The van der Waals surface area contributed by atoms with Gasteiger partial charge in [0.1, 0.15) is 17.6 Å². The molecule has 1 amide bonds. The molecule has 2 N–H and O–H groups in total. The van der Waals surface area contributed by atoms with E-state index in [1.54, 1.807) is 0 Å². The zero-order valence-corrected chi connectivity index (χ0v) is 13.4. The number of carbonyl (C=O) groups is 1. The molecule has 0 spiro atoms. The lowest BCUT2D eigenvalue weighted by molar-refractivity contribution is 0.0933. The minimum Gasteiger partial charge on any atom is -0.344 e. The standard InChI is InChI=1S/C17H19N5O/c1-11-9-10-14(22(11)3)17(23)19-15(13-7-5-4-6-8-13)16-18-12(2)20-21-16/h4-10,15H,1-3H3,(H,19,23)(H,18,20,21)/t15-/m1/s1. The van der Waals surface area contributed by atoms with Gasteiger partial charge in [0.15, 0.2) is 5.82 Å². The molecule has 1 atom stereocenters. The van der Waals surface area contributed by atoms with Gasteiger partial charge in [-0.05, 0) is 31.5 Å². The van der Waals surface area contributed by atoms with Crippen LogP contribution in [-0.4, -0.2) is 25.7 Å². The maximum Gasteiger partial charge on any atom is 0.268 e. The summed E-state index contributed by atoms with van der Waals surface area (Å²) in [5, 5.41) is 10.1. The summed E-state index contributed by atoms with van der Waals surface area (Å²) in [6, 6.07) is 13.0. The quantitative estimate of drug-likeness (QED) is 0.776. The second-order valence-corrected chi connectivity index (χ2v) is 5.52. The molecular formula is C17H19N5O. The average Bonchev–Trinajstić information content (AvgIpc) is 3.12. The minimum atomic E-state index is -0.399. The van der Waals surface area contributed by atoms with Crippen molar-refractivity contribution in [2.45, 2.75) is 19.9 Å². The Bertz CT molecular complexity index is 819. The summed E-state index contributed by atoms with van der Waals surface area (Å²) in [6.07, 6.45) is 0. The van der Waals surface area contributed by atoms with Crippen molar-refractivity contribution in [2.24, 2.45) is 7.05 Å². The third-order valence-electron chi connectivity index (χ3n) is 3.89. The molecule has 1 aromatic carbocycles. The molecule has 3 rings (SSSR count). The number of hydrogen-bond acceptors (Lipinski definition) is 3. The highest BCUT2D eigenvalue weighted by Crippen LogP contribution is 2.19. The van der Waals surface area contributed by atoms with Crippen LogP contribution in [0.2, 0.25) is 0 Å². The Kier molecular flexibility index (Phi) is 3.97. The van der Waals surface area contributed by atoms with E-state index >= 15 is 0 Å². The van der Waals surface area contributed by atoms with E-state index in [0.29, 0.717) is 17.3 Å². The van der Waals surface area contributed by atoms with E-state index < -0.39 is 6.04 Å². The van der Waals surface area contributed by atoms with E-state index in [9.17, 15) is 4.79 Å². The average molecular weight is 309 g/mol. The lowest BCUT2D eigenvalue weighted by atomic mass is 10.1. The number of nitrogens with zero attached hydrogens (tertiary/aromatic N) is 3. The molecule has 6 nitrogen and oxygen atoms in total. The Hall–Kier alpha value is -2.89. The van der Waals surface area contributed by atoms with E-state index in [-0.39, 0.29) is 5.91 Å². The fourth-order valence-corrected chi connectivity index (χ4v) is 2.48. The van der Waals surface area contributed by atoms with Crippen LogP contribution in [-0.2, 0) is 7.05 Å². The number of aromatic nitrogens is 4. The van der Waals surface area contributed by atoms with Gasteiger partial charge >= 0.3 is 0 Å². The van der Waals surface area contributed by atoms with Gasteiger partial charge in [-0.2, -0.15) is 5.10 Å². The fraction of sp³-hybridized carbons (Fsp3) is 0.235. The van der Waals surface area contributed by atoms with Gasteiger partial charge in [-0.25, -0.2) is 4.98 Å². The smallest absolute Gasteiger partial charge is 0.268 e. The number of benzene rings is 1. The van der Waals surface area contributed by atoms with Crippen molar-refractivity contribution in [2.75, 3.05) is 0 Å². The van der Waals surface area contributed by atoms with Gasteiger partial charge in [-0.15, -0.1) is 0 Å². The molecule has 0 saturated carbocycles. The minimum absolute atomic E-state index is 0.156. The Labute approximate surface area is 134 Å². The number of hydrogen-bond donors (Lipinski definition) is 2. The molecule has 0 radical (unpaired) electrons. The molecule has 2 heterocycles. The van der Waals surface area contributed by atoms with Crippen LogP contribution >= 0.6 is 0 Å². The monoisotopic (exact) mass is 309 g/mol. The predicted molar refractivity (Wildman–Crippen MR) is 87.0 cm³/mol. The fourth-order valence-electron chi connectivity index (χ4n) is 2.48. The predicted octanol–water partition coefficient (Wildman–Crippen LogP) is 2.28. The van der Waals surface area contributed by atoms with Crippen LogP contribution in [0.25, 0.3) is 0 Å². The van der Waals surface area contributed by atoms with Crippen LogP contribution in [0.4, 0.5) is 0 Å². The molecular weight excluding hydrogens is 290 g/mol. The SMILES string of the molecule is Cc1nc([C@H](NC(=O)c2ccc(C)n2C)c2ccccc2)n[nH]1. The van der Waals surface area contributed by atoms with Crippen LogP contribution in [0, 0.1) is 13.8 Å². The van der Waals surface area contributed by atoms with Crippen molar-refractivity contribution in [3.63, 3.8) is 0 Å². The largest absolute Gasteiger partial charge is 0.344 e. The molecule has 118 valence electrons. The van der Waals surface area contributed by atoms with E-state index in [1.165, 1.54) is 0 Å². The van der Waals surface area contributed by atoms with E-state index in [2.05, 4.69) is 20.5 Å². The van der Waals surface area contributed by atoms with Crippen LogP contribution in [0.5, 0.6) is 0 Å². The van der Waals surface area contributed by atoms with Gasteiger partial charge in [0, 0.05) is 12.7 Å². The van der Waals surface area contributed by atoms with Crippen molar-refractivity contribution in [3.05, 3.63) is 71.1 Å². The number of carbonyl (C=O) groups excluding carboxylic acids is 1. The summed E-state index contributed by atoms with van der Waals surface area (Å²) in [6.45, 7) is 3.80. The molecule has 2 aromatic heterocycles. The Balaban J connectivity index is 1.93. The number of nitrogens with one attached hydrogen (secondary N) is 2. The van der Waals surface area contributed by atoms with Gasteiger partial charge in [-0.1, -0.05) is 30.3 Å². The molecule has 0 fully saturated rings. The summed E-state index contributed by atoms with van der Waals surface area (Å²) in [5.41, 5.74) is 2.57. The zero-order valence-electron chi connectivity index (χ0n) is 13.4. The molecule has 0 aliphatic carbocycles. The number of amides is 1. The van der Waals surface area contributed by atoms with Gasteiger partial charge < -0.3 is 9.88 Å². The van der Waals surface area contributed by atoms with Crippen LogP contribution in [0.3, 0.4) is 0 Å². The summed E-state index contributed by atoms with van der Waals surface area (Å²) in [7, 11) is 1.87. The summed E-state index contributed by atoms with van der Waals surface area (Å²) in [5.74, 6) is 1.11. The Morgan fingerprint density at radius 3 is 2.48 bits per heavy atom. The highest BCUT2D eigenvalue weighted by atomic mass is 16.2. The maximum atomic E-state index is 12.6. The second kappa shape index (κ2) is 6.08. The first kappa shape index (κ1) is 15.0. The van der Waals surface area contributed by atoms with Gasteiger partial charge in [0.2, 0.25) is 0 Å². The number of aryl methyl sites for hydroxylation is 2. The molecule has 0 aliphatic rings. The van der Waals surface area contributed by atoms with Gasteiger partial charge in [-0.3, -0.25) is 9.89 Å². The number of aromatic amines is 1.